The molecular weight excluding hydrogens is 611 g/mol. The summed E-state index contributed by atoms with van der Waals surface area (Å²) in [6, 6.07) is 6.08. The van der Waals surface area contributed by atoms with Crippen molar-refractivity contribution in [3.8, 4) is 0 Å². The molecule has 0 radical (unpaired) electrons. The van der Waals surface area contributed by atoms with E-state index < -0.39 is 26.1 Å². The second-order valence-electron chi connectivity index (χ2n) is 12.6. The first-order valence-electron chi connectivity index (χ1n) is 14.3. The summed E-state index contributed by atoms with van der Waals surface area (Å²) in [5, 5.41) is 10.6. The number of hydrogen-bond donors (Lipinski definition) is 1. The molecule has 3 aliphatic heterocycles. The van der Waals surface area contributed by atoms with Gasteiger partial charge in [0.2, 0.25) is 20.0 Å². The molecule has 3 heterocycles. The van der Waals surface area contributed by atoms with Gasteiger partial charge in [0.05, 0.1) is 23.9 Å². The molecule has 236 valence electrons. The Morgan fingerprint density at radius 1 is 0.767 bits per heavy atom. The highest BCUT2D eigenvalue weighted by Gasteiger charge is 2.37. The zero-order chi connectivity index (χ0) is 31.6. The highest BCUT2D eigenvalue weighted by molar-refractivity contribution is 7.99. The van der Waals surface area contributed by atoms with Crippen molar-refractivity contribution in [1.82, 2.24) is 8.61 Å². The van der Waals surface area contributed by atoms with Crippen LogP contribution in [-0.4, -0.2) is 102 Å². The molecular formula is C29H41N5O6S3. The molecule has 0 saturated carbocycles. The Hall–Kier alpha value is -2.52. The van der Waals surface area contributed by atoms with Gasteiger partial charge in [-0.2, -0.15) is 8.61 Å². The van der Waals surface area contributed by atoms with E-state index in [0.29, 0.717) is 63.7 Å². The van der Waals surface area contributed by atoms with Crippen molar-refractivity contribution in [1.29, 1.82) is 0 Å². The van der Waals surface area contributed by atoms with Gasteiger partial charge < -0.3 is 14.9 Å². The molecule has 0 aliphatic carbocycles. The first-order valence-corrected chi connectivity index (χ1v) is 18.8. The van der Waals surface area contributed by atoms with E-state index in [1.165, 1.54) is 26.0 Å². The minimum atomic E-state index is -3.28. The fourth-order valence-electron chi connectivity index (χ4n) is 6.55. The molecule has 2 fully saturated rings. The van der Waals surface area contributed by atoms with E-state index in [1.54, 1.807) is 11.8 Å². The largest absolute Gasteiger partial charge is 0.464 e. The lowest BCUT2D eigenvalue weighted by molar-refractivity contribution is 0.204. The summed E-state index contributed by atoms with van der Waals surface area (Å²) in [5.41, 5.74) is 5.71. The molecule has 0 bridgehead atoms. The predicted octanol–water partition coefficient (Wildman–Crippen LogP) is 4.04. The molecule has 1 amide bonds. The predicted molar refractivity (Wildman–Crippen MR) is 173 cm³/mol. The normalized spacial score (nSPS) is 18.9. The second kappa shape index (κ2) is 11.1. The Morgan fingerprint density at radius 3 is 1.72 bits per heavy atom. The highest BCUT2D eigenvalue weighted by Crippen LogP contribution is 2.55. The average Bonchev–Trinajstić information content (AvgIpc) is 2.90. The van der Waals surface area contributed by atoms with E-state index in [2.05, 4.69) is 36.6 Å². The summed E-state index contributed by atoms with van der Waals surface area (Å²) in [6.07, 6.45) is 1.41. The number of sulfonamides is 2. The van der Waals surface area contributed by atoms with Gasteiger partial charge in [-0.1, -0.05) is 32.5 Å². The van der Waals surface area contributed by atoms with Crippen molar-refractivity contribution in [3.63, 3.8) is 0 Å². The molecule has 11 nitrogen and oxygen atoms in total. The highest BCUT2D eigenvalue weighted by atomic mass is 32.2. The van der Waals surface area contributed by atoms with Gasteiger partial charge in [-0.15, -0.1) is 0 Å². The Morgan fingerprint density at radius 2 is 1.26 bits per heavy atom. The minimum absolute atomic E-state index is 0.301. The van der Waals surface area contributed by atoms with Crippen LogP contribution in [0.4, 0.5) is 27.5 Å². The maximum absolute atomic E-state index is 12.9. The number of hydrogen-bond acceptors (Lipinski definition) is 8. The molecule has 5 rings (SSSR count). The van der Waals surface area contributed by atoms with Gasteiger partial charge in [-0.3, -0.25) is 0 Å². The zero-order valence-electron chi connectivity index (χ0n) is 25.8. The smallest absolute Gasteiger partial charge is 0.416 e. The minimum Gasteiger partial charge on any atom is -0.464 e. The van der Waals surface area contributed by atoms with Gasteiger partial charge in [-0.05, 0) is 54.2 Å². The van der Waals surface area contributed by atoms with E-state index in [1.807, 2.05) is 26.0 Å². The number of anilines is 4. The summed E-state index contributed by atoms with van der Waals surface area (Å²) in [6.45, 7) is 14.0. The standard InChI is InChI=1S/C29H41N5O6S3/c1-19-16-21(30-8-12-32(13-9-30)42(6,37)38)17-23-26(19)34(28(35)36)27-20(2)25(29(3,4)5)22(18-24(27)41-23)31-10-14-33(15-11-31)43(7,39)40/h16-18H,8-15H2,1-7H3,(H,35,36). The van der Waals surface area contributed by atoms with Crippen LogP contribution in [-0.2, 0) is 25.5 Å². The van der Waals surface area contributed by atoms with Gasteiger partial charge in [0.1, 0.15) is 0 Å². The lowest BCUT2D eigenvalue weighted by Gasteiger charge is -2.41. The topological polar surface area (TPSA) is 122 Å². The zero-order valence-corrected chi connectivity index (χ0v) is 28.3. The van der Waals surface area contributed by atoms with Crippen molar-refractivity contribution < 1.29 is 26.7 Å². The van der Waals surface area contributed by atoms with E-state index in [0.717, 1.165) is 37.9 Å². The number of fused-ring (bicyclic) bond motifs is 2. The fraction of sp³-hybridized carbons (Fsp3) is 0.552. The van der Waals surface area contributed by atoms with Crippen LogP contribution in [0.25, 0.3) is 0 Å². The molecule has 2 aromatic rings. The first kappa shape index (κ1) is 31.9. The van der Waals surface area contributed by atoms with Crippen molar-refractivity contribution in [2.75, 3.05) is 79.6 Å². The van der Waals surface area contributed by atoms with Crippen LogP contribution in [0.2, 0.25) is 0 Å². The van der Waals surface area contributed by atoms with Crippen LogP contribution in [0.3, 0.4) is 0 Å². The Labute approximate surface area is 259 Å². The van der Waals surface area contributed by atoms with Crippen LogP contribution in [0, 0.1) is 13.8 Å². The SMILES string of the molecule is Cc1cc(N2CCN(S(C)(=O)=O)CC2)cc2c1N(C(=O)O)c1c(cc(N3CCN(S(C)(=O)=O)CC3)c(C(C)(C)C)c1C)S2. The molecule has 14 heteroatoms. The molecule has 2 aromatic carbocycles. The molecule has 43 heavy (non-hydrogen) atoms. The van der Waals surface area contributed by atoms with Crippen molar-refractivity contribution in [2.24, 2.45) is 0 Å². The maximum Gasteiger partial charge on any atom is 0.416 e. The van der Waals surface area contributed by atoms with E-state index in [9.17, 15) is 26.7 Å². The molecule has 0 spiro atoms. The number of nitrogens with zero attached hydrogens (tertiary/aromatic N) is 5. The molecule has 2 saturated heterocycles. The van der Waals surface area contributed by atoms with Gasteiger partial charge in [0.15, 0.2) is 0 Å². The van der Waals surface area contributed by atoms with Crippen LogP contribution in [0.15, 0.2) is 28.0 Å². The summed E-state index contributed by atoms with van der Waals surface area (Å²) in [4.78, 5) is 20.4. The number of amides is 1. The average molecular weight is 652 g/mol. The van der Waals surface area contributed by atoms with Gasteiger partial charge in [-0.25, -0.2) is 26.5 Å². The van der Waals surface area contributed by atoms with Gasteiger partial charge in [0, 0.05) is 73.5 Å². The van der Waals surface area contributed by atoms with Crippen molar-refractivity contribution in [2.45, 2.75) is 49.8 Å². The quantitative estimate of drug-likeness (QED) is 0.522. The van der Waals surface area contributed by atoms with Crippen LogP contribution in [0.1, 0.15) is 37.5 Å². The number of carbonyl (C=O) groups is 1. The number of benzene rings is 2. The third-order valence-corrected chi connectivity index (χ3v) is 12.1. The van der Waals surface area contributed by atoms with Crippen molar-refractivity contribution in [3.05, 3.63) is 34.9 Å². The Kier molecular flexibility index (Phi) is 8.25. The summed E-state index contributed by atoms with van der Waals surface area (Å²) in [7, 11) is -6.53. The molecule has 1 N–H and O–H groups in total. The number of rotatable bonds is 4. The second-order valence-corrected chi connectivity index (χ2v) is 17.7. The monoisotopic (exact) mass is 651 g/mol. The van der Waals surface area contributed by atoms with E-state index in [-0.39, 0.29) is 5.41 Å². The Balaban J connectivity index is 1.57. The summed E-state index contributed by atoms with van der Waals surface area (Å²) >= 11 is 1.55. The van der Waals surface area contributed by atoms with Crippen molar-refractivity contribution >= 4 is 60.7 Å². The number of carboxylic acid groups (broad SMARTS) is 1. The third kappa shape index (κ3) is 6.08. The summed E-state index contributed by atoms with van der Waals surface area (Å²) in [5.74, 6) is 0. The fourth-order valence-corrected chi connectivity index (χ4v) is 9.48. The molecule has 0 aromatic heterocycles. The summed E-state index contributed by atoms with van der Waals surface area (Å²) < 4.78 is 51.3. The number of piperazine rings is 2. The van der Waals surface area contributed by atoms with Gasteiger partial charge in [0.25, 0.3) is 0 Å². The number of aryl methyl sites for hydroxylation is 1. The molecule has 3 aliphatic rings. The van der Waals surface area contributed by atoms with Gasteiger partial charge >= 0.3 is 6.09 Å². The van der Waals surface area contributed by atoms with E-state index in [4.69, 9.17) is 0 Å². The first-order chi connectivity index (χ1) is 19.9. The lowest BCUT2D eigenvalue weighted by Crippen LogP contribution is -2.49. The molecule has 0 atom stereocenters. The maximum atomic E-state index is 12.9. The molecule has 0 unspecified atom stereocenters. The van der Waals surface area contributed by atoms with E-state index >= 15 is 0 Å². The lowest BCUT2D eigenvalue weighted by atomic mass is 9.81. The Bertz CT molecular complexity index is 1670. The van der Waals surface area contributed by atoms with Crippen LogP contribution >= 0.6 is 11.8 Å². The van der Waals surface area contributed by atoms with Crippen LogP contribution in [0.5, 0.6) is 0 Å². The third-order valence-electron chi connectivity index (χ3n) is 8.47. The van der Waals surface area contributed by atoms with Crippen LogP contribution < -0.4 is 14.7 Å².